The maximum Gasteiger partial charge on any atom is 0.233 e. The van der Waals surface area contributed by atoms with Gasteiger partial charge in [-0.15, -0.1) is 21.5 Å². The lowest BCUT2D eigenvalue weighted by atomic mass is 10.1. The normalized spacial score (nSPS) is 13.7. The van der Waals surface area contributed by atoms with Crippen molar-refractivity contribution in [1.82, 2.24) is 24.6 Å². The van der Waals surface area contributed by atoms with E-state index in [9.17, 15) is 4.79 Å². The molecule has 4 rings (SSSR count). The number of pyridine rings is 1. The van der Waals surface area contributed by atoms with Crippen molar-refractivity contribution in [1.29, 1.82) is 0 Å². The smallest absolute Gasteiger partial charge is 0.233 e. The Kier molecular flexibility index (Phi) is 4.54. The zero-order valence-electron chi connectivity index (χ0n) is 13.8. The fourth-order valence-electron chi connectivity index (χ4n) is 2.87. The molecular formula is C17H17N5OS2. The molecule has 0 saturated carbocycles. The molecule has 8 heteroatoms. The lowest BCUT2D eigenvalue weighted by Gasteiger charge is -2.26. The third kappa shape index (κ3) is 3.32. The van der Waals surface area contributed by atoms with Crippen LogP contribution in [-0.2, 0) is 24.8 Å². The number of nitrogens with zero attached hydrogens (tertiary/aromatic N) is 5. The number of rotatable bonds is 4. The summed E-state index contributed by atoms with van der Waals surface area (Å²) in [4.78, 5) is 20.0. The van der Waals surface area contributed by atoms with Crippen molar-refractivity contribution in [2.24, 2.45) is 7.05 Å². The third-order valence-corrected chi connectivity index (χ3v) is 6.27. The van der Waals surface area contributed by atoms with Crippen LogP contribution in [-0.4, -0.2) is 42.9 Å². The molecule has 6 nitrogen and oxygen atoms in total. The summed E-state index contributed by atoms with van der Waals surface area (Å²) in [6.45, 7) is 1.52. The Hall–Kier alpha value is -2.19. The number of amides is 1. The Morgan fingerprint density at radius 1 is 1.36 bits per heavy atom. The highest BCUT2D eigenvalue weighted by molar-refractivity contribution is 7.99. The number of hydrogen-bond donors (Lipinski definition) is 0. The van der Waals surface area contributed by atoms with Crippen molar-refractivity contribution >= 4 is 29.0 Å². The van der Waals surface area contributed by atoms with Crippen molar-refractivity contribution in [2.75, 3.05) is 12.3 Å². The van der Waals surface area contributed by atoms with Crippen LogP contribution in [0.4, 0.5) is 0 Å². The molecule has 0 saturated heterocycles. The fourth-order valence-corrected chi connectivity index (χ4v) is 4.57. The summed E-state index contributed by atoms with van der Waals surface area (Å²) < 4.78 is 1.90. The van der Waals surface area contributed by atoms with Gasteiger partial charge < -0.3 is 9.47 Å². The molecular weight excluding hydrogens is 354 g/mol. The Morgan fingerprint density at radius 3 is 3.12 bits per heavy atom. The number of carbonyl (C=O) groups is 1. The van der Waals surface area contributed by atoms with E-state index in [4.69, 9.17) is 0 Å². The first-order valence-electron chi connectivity index (χ1n) is 7.98. The number of aromatic nitrogens is 4. The second-order valence-electron chi connectivity index (χ2n) is 5.83. The zero-order valence-corrected chi connectivity index (χ0v) is 15.4. The summed E-state index contributed by atoms with van der Waals surface area (Å²) in [5.41, 5.74) is 2.20. The summed E-state index contributed by atoms with van der Waals surface area (Å²) >= 11 is 3.21. The van der Waals surface area contributed by atoms with Gasteiger partial charge in [-0.25, -0.2) is 0 Å². The van der Waals surface area contributed by atoms with Crippen molar-refractivity contribution in [3.8, 4) is 11.4 Å². The van der Waals surface area contributed by atoms with Crippen molar-refractivity contribution in [2.45, 2.75) is 18.1 Å². The first-order valence-corrected chi connectivity index (χ1v) is 9.84. The van der Waals surface area contributed by atoms with Gasteiger partial charge in [0.25, 0.3) is 0 Å². The number of thiophene rings is 1. The SMILES string of the molecule is Cn1c(SCC(=O)N2CCc3sccc3C2)nnc1-c1cccnc1. The minimum absolute atomic E-state index is 0.146. The zero-order chi connectivity index (χ0) is 17.2. The number of carbonyl (C=O) groups excluding carboxylic acids is 1. The van der Waals surface area contributed by atoms with E-state index in [0.29, 0.717) is 5.75 Å². The Morgan fingerprint density at radius 2 is 2.28 bits per heavy atom. The monoisotopic (exact) mass is 371 g/mol. The van der Waals surface area contributed by atoms with Crippen LogP contribution in [0.1, 0.15) is 10.4 Å². The van der Waals surface area contributed by atoms with E-state index in [1.807, 2.05) is 28.6 Å². The number of hydrogen-bond acceptors (Lipinski definition) is 6. The largest absolute Gasteiger partial charge is 0.337 e. The van der Waals surface area contributed by atoms with Crippen LogP contribution in [0.3, 0.4) is 0 Å². The van der Waals surface area contributed by atoms with Gasteiger partial charge in [0.2, 0.25) is 5.91 Å². The van der Waals surface area contributed by atoms with Crippen molar-refractivity contribution < 1.29 is 4.79 Å². The molecule has 128 valence electrons. The molecule has 0 N–H and O–H groups in total. The maximum atomic E-state index is 12.5. The van der Waals surface area contributed by atoms with Gasteiger partial charge in [-0.1, -0.05) is 11.8 Å². The number of thioether (sulfide) groups is 1. The third-order valence-electron chi connectivity index (χ3n) is 4.24. The van der Waals surface area contributed by atoms with Gasteiger partial charge in [0.1, 0.15) is 0 Å². The first-order chi connectivity index (χ1) is 12.2. The van der Waals surface area contributed by atoms with Gasteiger partial charge in [0.15, 0.2) is 11.0 Å². The van der Waals surface area contributed by atoms with Crippen LogP contribution in [0, 0.1) is 0 Å². The summed E-state index contributed by atoms with van der Waals surface area (Å²) in [5, 5.41) is 11.3. The predicted octanol–water partition coefficient (Wildman–Crippen LogP) is 2.62. The molecule has 4 heterocycles. The molecule has 0 fully saturated rings. The highest BCUT2D eigenvalue weighted by Gasteiger charge is 2.22. The van der Waals surface area contributed by atoms with Gasteiger partial charge >= 0.3 is 0 Å². The molecule has 25 heavy (non-hydrogen) atoms. The minimum Gasteiger partial charge on any atom is -0.337 e. The predicted molar refractivity (Wildman–Crippen MR) is 98.4 cm³/mol. The highest BCUT2D eigenvalue weighted by atomic mass is 32.2. The molecule has 1 aliphatic rings. The van der Waals surface area contributed by atoms with Crippen LogP contribution in [0.15, 0.2) is 41.1 Å². The average Bonchev–Trinajstić information content (AvgIpc) is 3.26. The van der Waals surface area contributed by atoms with E-state index in [1.165, 1.54) is 22.2 Å². The van der Waals surface area contributed by atoms with Crippen LogP contribution < -0.4 is 0 Å². The summed E-state index contributed by atoms with van der Waals surface area (Å²) in [6, 6.07) is 5.94. The molecule has 0 aromatic carbocycles. The lowest BCUT2D eigenvalue weighted by Crippen LogP contribution is -2.36. The van der Waals surface area contributed by atoms with Crippen LogP contribution in [0.2, 0.25) is 0 Å². The summed E-state index contributed by atoms with van der Waals surface area (Å²) in [7, 11) is 1.91. The molecule has 0 radical (unpaired) electrons. The molecule has 0 spiro atoms. The average molecular weight is 371 g/mol. The Bertz CT molecular complexity index is 890. The second-order valence-corrected chi connectivity index (χ2v) is 7.77. The molecule has 0 atom stereocenters. The van der Waals surface area contributed by atoms with E-state index in [2.05, 4.69) is 26.6 Å². The highest BCUT2D eigenvalue weighted by Crippen LogP contribution is 2.26. The van der Waals surface area contributed by atoms with Gasteiger partial charge in [0.05, 0.1) is 5.75 Å². The van der Waals surface area contributed by atoms with Gasteiger partial charge in [-0.05, 0) is 35.6 Å². The molecule has 0 aliphatic carbocycles. The van der Waals surface area contributed by atoms with Crippen molar-refractivity contribution in [3.63, 3.8) is 0 Å². The summed E-state index contributed by atoms with van der Waals surface area (Å²) in [5.74, 6) is 1.27. The molecule has 3 aromatic rings. The van der Waals surface area contributed by atoms with E-state index < -0.39 is 0 Å². The quantitative estimate of drug-likeness (QED) is 0.660. The first kappa shape index (κ1) is 16.3. The molecule has 0 unspecified atom stereocenters. The second kappa shape index (κ2) is 6.97. The van der Waals surface area contributed by atoms with E-state index in [1.54, 1.807) is 23.7 Å². The molecule has 1 aliphatic heterocycles. The Labute approximate surface area is 153 Å². The molecule has 1 amide bonds. The molecule has 3 aromatic heterocycles. The fraction of sp³-hybridized carbons (Fsp3) is 0.294. The van der Waals surface area contributed by atoms with Gasteiger partial charge in [0, 0.05) is 43.0 Å². The standard InChI is InChI=1S/C17H17N5OS2/c1-21-16(12-3-2-6-18-9-12)19-20-17(21)25-11-15(23)22-7-4-14-13(10-22)5-8-24-14/h2-3,5-6,8-9H,4,7,10-11H2,1H3. The van der Waals surface area contributed by atoms with E-state index in [-0.39, 0.29) is 5.91 Å². The van der Waals surface area contributed by atoms with E-state index >= 15 is 0 Å². The topological polar surface area (TPSA) is 63.9 Å². The molecule has 0 bridgehead atoms. The minimum atomic E-state index is 0.146. The van der Waals surface area contributed by atoms with Crippen LogP contribution >= 0.6 is 23.1 Å². The van der Waals surface area contributed by atoms with E-state index in [0.717, 1.165) is 36.1 Å². The van der Waals surface area contributed by atoms with Crippen molar-refractivity contribution in [3.05, 3.63) is 46.4 Å². The lowest BCUT2D eigenvalue weighted by molar-refractivity contribution is -0.129. The Balaban J connectivity index is 1.41. The summed E-state index contributed by atoms with van der Waals surface area (Å²) in [6.07, 6.45) is 4.44. The number of fused-ring (bicyclic) bond motifs is 1. The van der Waals surface area contributed by atoms with Crippen LogP contribution in [0.25, 0.3) is 11.4 Å². The van der Waals surface area contributed by atoms with Gasteiger partial charge in [-0.3, -0.25) is 9.78 Å². The van der Waals surface area contributed by atoms with Gasteiger partial charge in [-0.2, -0.15) is 0 Å². The maximum absolute atomic E-state index is 12.5. The van der Waals surface area contributed by atoms with Crippen LogP contribution in [0.5, 0.6) is 0 Å².